The van der Waals surface area contributed by atoms with Gasteiger partial charge < -0.3 is 5.32 Å². The third-order valence-electron chi connectivity index (χ3n) is 3.03. The molecule has 2 aromatic rings. The summed E-state index contributed by atoms with van der Waals surface area (Å²) >= 11 is 3.49. The summed E-state index contributed by atoms with van der Waals surface area (Å²) in [5.41, 5.74) is 5.35. The predicted octanol–water partition coefficient (Wildman–Crippen LogP) is 4.36. The summed E-state index contributed by atoms with van der Waals surface area (Å²) < 4.78 is 1.13. The molecule has 0 aliphatic carbocycles. The Kier molecular flexibility index (Phi) is 4.56. The Morgan fingerprint density at radius 3 is 2.56 bits per heavy atom. The largest absolute Gasteiger partial charge is 0.309 e. The molecule has 0 aromatic heterocycles. The molecule has 94 valence electrons. The molecule has 2 aromatic carbocycles. The number of nitrogens with one attached hydrogen (secondary N) is 1. The summed E-state index contributed by atoms with van der Waals surface area (Å²) in [7, 11) is 0. The molecule has 0 heterocycles. The zero-order chi connectivity index (χ0) is 13.0. The molecule has 0 aliphatic heterocycles. The summed E-state index contributed by atoms with van der Waals surface area (Å²) in [5.74, 6) is 0. The number of hydrogen-bond acceptors (Lipinski definition) is 1. The van der Waals surface area contributed by atoms with Gasteiger partial charge in [0.15, 0.2) is 0 Å². The van der Waals surface area contributed by atoms with E-state index >= 15 is 0 Å². The van der Waals surface area contributed by atoms with Crippen LogP contribution in [0.15, 0.2) is 46.9 Å². The van der Waals surface area contributed by atoms with Gasteiger partial charge in [-0.25, -0.2) is 0 Å². The number of aryl methyl sites for hydroxylation is 2. The predicted molar refractivity (Wildman–Crippen MR) is 80.6 cm³/mol. The summed E-state index contributed by atoms with van der Waals surface area (Å²) in [6.45, 7) is 6.11. The van der Waals surface area contributed by atoms with Gasteiger partial charge in [-0.2, -0.15) is 0 Å². The second-order valence-corrected chi connectivity index (χ2v) is 5.58. The highest BCUT2D eigenvalue weighted by molar-refractivity contribution is 9.10. The number of rotatable bonds is 4. The molecule has 0 amide bonds. The van der Waals surface area contributed by atoms with Crippen LogP contribution in [-0.4, -0.2) is 0 Å². The monoisotopic (exact) mass is 303 g/mol. The molecular formula is C16H18BrN. The first kappa shape index (κ1) is 13.3. The molecule has 2 heteroatoms. The minimum absolute atomic E-state index is 0.896. The molecule has 0 aliphatic rings. The molecule has 0 bridgehead atoms. The van der Waals surface area contributed by atoms with Crippen molar-refractivity contribution in [2.45, 2.75) is 26.9 Å². The van der Waals surface area contributed by atoms with Gasteiger partial charge in [-0.15, -0.1) is 0 Å². The highest BCUT2D eigenvalue weighted by atomic mass is 79.9. The fourth-order valence-electron chi connectivity index (χ4n) is 2.03. The van der Waals surface area contributed by atoms with Crippen LogP contribution < -0.4 is 5.32 Å². The van der Waals surface area contributed by atoms with Crippen LogP contribution in [0, 0.1) is 13.8 Å². The van der Waals surface area contributed by atoms with E-state index in [4.69, 9.17) is 0 Å². The van der Waals surface area contributed by atoms with Crippen molar-refractivity contribution >= 4 is 15.9 Å². The van der Waals surface area contributed by atoms with Crippen molar-refractivity contribution in [2.75, 3.05) is 0 Å². The van der Waals surface area contributed by atoms with E-state index in [1.807, 2.05) is 6.07 Å². The van der Waals surface area contributed by atoms with Crippen molar-refractivity contribution in [1.82, 2.24) is 5.32 Å². The fraction of sp³-hybridized carbons (Fsp3) is 0.250. The van der Waals surface area contributed by atoms with Crippen molar-refractivity contribution in [1.29, 1.82) is 0 Å². The Morgan fingerprint density at radius 2 is 1.83 bits per heavy atom. The lowest BCUT2D eigenvalue weighted by Crippen LogP contribution is -2.13. The third kappa shape index (κ3) is 3.69. The van der Waals surface area contributed by atoms with Gasteiger partial charge in [0.05, 0.1) is 0 Å². The van der Waals surface area contributed by atoms with Crippen LogP contribution in [0.2, 0.25) is 0 Å². The van der Waals surface area contributed by atoms with E-state index in [-0.39, 0.29) is 0 Å². The Morgan fingerprint density at radius 1 is 1.00 bits per heavy atom. The number of benzene rings is 2. The highest BCUT2D eigenvalue weighted by Gasteiger charge is 1.99. The molecule has 1 N–H and O–H groups in total. The molecule has 0 atom stereocenters. The lowest BCUT2D eigenvalue weighted by atomic mass is 10.1. The second-order valence-electron chi connectivity index (χ2n) is 4.66. The van der Waals surface area contributed by atoms with Crippen LogP contribution in [0.1, 0.15) is 22.3 Å². The standard InChI is InChI=1S/C16H18BrN/c1-12-6-7-15(13(2)8-12)11-18-10-14-4-3-5-16(17)9-14/h3-9,18H,10-11H2,1-2H3. The number of halogens is 1. The van der Waals surface area contributed by atoms with Gasteiger partial charge in [0.1, 0.15) is 0 Å². The number of hydrogen-bond donors (Lipinski definition) is 1. The van der Waals surface area contributed by atoms with Crippen LogP contribution >= 0.6 is 15.9 Å². The van der Waals surface area contributed by atoms with Crippen molar-refractivity contribution in [2.24, 2.45) is 0 Å². The fourth-order valence-corrected chi connectivity index (χ4v) is 2.48. The van der Waals surface area contributed by atoms with E-state index in [1.54, 1.807) is 0 Å². The lowest BCUT2D eigenvalue weighted by molar-refractivity contribution is 0.690. The third-order valence-corrected chi connectivity index (χ3v) is 3.52. The summed E-state index contributed by atoms with van der Waals surface area (Å²) in [5, 5.41) is 3.48. The molecule has 2 rings (SSSR count). The van der Waals surface area contributed by atoms with Gasteiger partial charge in [0.2, 0.25) is 0 Å². The minimum Gasteiger partial charge on any atom is -0.309 e. The van der Waals surface area contributed by atoms with E-state index in [1.165, 1.54) is 22.3 Å². The molecule has 0 saturated heterocycles. The summed E-state index contributed by atoms with van der Waals surface area (Å²) in [6, 6.07) is 15.0. The molecule has 0 unspecified atom stereocenters. The SMILES string of the molecule is Cc1ccc(CNCc2cccc(Br)c2)c(C)c1. The van der Waals surface area contributed by atoms with Gasteiger partial charge in [0.25, 0.3) is 0 Å². The maximum Gasteiger partial charge on any atom is 0.0211 e. The maximum absolute atomic E-state index is 3.49. The van der Waals surface area contributed by atoms with Crippen molar-refractivity contribution in [3.05, 3.63) is 69.2 Å². The van der Waals surface area contributed by atoms with Crippen LogP contribution in [0.5, 0.6) is 0 Å². The zero-order valence-corrected chi connectivity index (χ0v) is 12.4. The molecule has 0 radical (unpaired) electrons. The van der Waals surface area contributed by atoms with E-state index in [0.717, 1.165) is 17.6 Å². The van der Waals surface area contributed by atoms with Crippen LogP contribution in [0.4, 0.5) is 0 Å². The highest BCUT2D eigenvalue weighted by Crippen LogP contribution is 2.13. The Labute approximate surface area is 117 Å². The van der Waals surface area contributed by atoms with Gasteiger partial charge >= 0.3 is 0 Å². The Balaban J connectivity index is 1.92. The molecule has 1 nitrogen and oxygen atoms in total. The zero-order valence-electron chi connectivity index (χ0n) is 10.8. The van der Waals surface area contributed by atoms with Crippen molar-refractivity contribution in [3.8, 4) is 0 Å². The minimum atomic E-state index is 0.896. The topological polar surface area (TPSA) is 12.0 Å². The average Bonchev–Trinajstić information content (AvgIpc) is 2.32. The maximum atomic E-state index is 3.49. The van der Waals surface area contributed by atoms with Crippen LogP contribution in [0.25, 0.3) is 0 Å². The quantitative estimate of drug-likeness (QED) is 0.885. The second kappa shape index (κ2) is 6.17. The van der Waals surface area contributed by atoms with Crippen molar-refractivity contribution < 1.29 is 0 Å². The summed E-state index contributed by atoms with van der Waals surface area (Å²) in [6.07, 6.45) is 0. The average molecular weight is 304 g/mol. The van der Waals surface area contributed by atoms with E-state index < -0.39 is 0 Å². The first-order valence-electron chi connectivity index (χ1n) is 6.16. The van der Waals surface area contributed by atoms with Crippen LogP contribution in [0.3, 0.4) is 0 Å². The van der Waals surface area contributed by atoms with E-state index in [0.29, 0.717) is 0 Å². The molecule has 18 heavy (non-hydrogen) atoms. The van der Waals surface area contributed by atoms with Gasteiger partial charge in [-0.1, -0.05) is 51.8 Å². The molecular weight excluding hydrogens is 286 g/mol. The van der Waals surface area contributed by atoms with Crippen molar-refractivity contribution in [3.63, 3.8) is 0 Å². The molecule has 0 fully saturated rings. The normalized spacial score (nSPS) is 10.6. The van der Waals surface area contributed by atoms with E-state index in [2.05, 4.69) is 71.5 Å². The lowest BCUT2D eigenvalue weighted by Gasteiger charge is -2.09. The van der Waals surface area contributed by atoms with Crippen LogP contribution in [-0.2, 0) is 13.1 Å². The van der Waals surface area contributed by atoms with Gasteiger partial charge in [0, 0.05) is 17.6 Å². The Hall–Kier alpha value is -1.12. The molecule has 0 saturated carbocycles. The van der Waals surface area contributed by atoms with Gasteiger partial charge in [-0.05, 0) is 42.7 Å². The first-order valence-corrected chi connectivity index (χ1v) is 6.96. The molecule has 0 spiro atoms. The smallest absolute Gasteiger partial charge is 0.0211 e. The van der Waals surface area contributed by atoms with E-state index in [9.17, 15) is 0 Å². The first-order chi connectivity index (χ1) is 8.65. The summed E-state index contributed by atoms with van der Waals surface area (Å²) in [4.78, 5) is 0. The Bertz CT molecular complexity index is 534. The van der Waals surface area contributed by atoms with Gasteiger partial charge in [-0.3, -0.25) is 0 Å².